The summed E-state index contributed by atoms with van der Waals surface area (Å²) < 4.78 is 12.6. The quantitative estimate of drug-likeness (QED) is 0.520. The van der Waals surface area contributed by atoms with Crippen molar-refractivity contribution in [3.63, 3.8) is 0 Å². The van der Waals surface area contributed by atoms with E-state index in [-0.39, 0.29) is 5.69 Å². The average molecular weight is 184 g/mol. The van der Waals surface area contributed by atoms with Gasteiger partial charge in [0.1, 0.15) is 11.5 Å². The zero-order valence-corrected chi connectivity index (χ0v) is 7.32. The molecule has 1 aromatic carbocycles. The van der Waals surface area contributed by atoms with Crippen LogP contribution in [0.15, 0.2) is 18.2 Å². The van der Waals surface area contributed by atoms with Crippen molar-refractivity contribution in [2.24, 2.45) is 0 Å². The molecule has 0 spiro atoms. The minimum atomic E-state index is -0.600. The van der Waals surface area contributed by atoms with Crippen LogP contribution in [0.2, 0.25) is 0 Å². The largest absolute Gasteiger partial charge is 0.372 e. The van der Waals surface area contributed by atoms with Crippen LogP contribution in [-0.2, 0) is 0 Å². The zero-order chi connectivity index (χ0) is 10.0. The van der Waals surface area contributed by atoms with Crippen molar-refractivity contribution < 1.29 is 9.31 Å². The van der Waals surface area contributed by atoms with Crippen molar-refractivity contribution in [1.29, 1.82) is 0 Å². The van der Waals surface area contributed by atoms with Gasteiger partial charge < -0.3 is 4.90 Å². The first kappa shape index (κ1) is 9.44. The Balaban J connectivity index is 3.27. The zero-order valence-electron chi connectivity index (χ0n) is 7.32. The summed E-state index contributed by atoms with van der Waals surface area (Å²) >= 11 is 0. The Morgan fingerprint density at radius 2 is 2.08 bits per heavy atom. The van der Waals surface area contributed by atoms with Gasteiger partial charge in [0.25, 0.3) is 5.69 Å². The van der Waals surface area contributed by atoms with E-state index in [0.29, 0.717) is 5.69 Å². The highest BCUT2D eigenvalue weighted by atomic mass is 19.1. The molecule has 0 aliphatic carbocycles. The predicted molar refractivity (Wildman–Crippen MR) is 47.4 cm³/mol. The maximum Gasteiger partial charge on any atom is 0.295 e. The Hall–Kier alpha value is -1.65. The highest BCUT2D eigenvalue weighted by Crippen LogP contribution is 2.26. The van der Waals surface area contributed by atoms with Crippen molar-refractivity contribution in [3.8, 4) is 0 Å². The van der Waals surface area contributed by atoms with Crippen molar-refractivity contribution in [2.75, 3.05) is 19.0 Å². The van der Waals surface area contributed by atoms with Gasteiger partial charge >= 0.3 is 0 Å². The minimum absolute atomic E-state index is 0.218. The lowest BCUT2D eigenvalue weighted by atomic mass is 10.2. The molecule has 0 aromatic heterocycles. The van der Waals surface area contributed by atoms with Gasteiger partial charge in [-0.05, 0) is 12.1 Å². The number of rotatable bonds is 2. The van der Waals surface area contributed by atoms with Gasteiger partial charge in [0.05, 0.1) is 11.0 Å². The smallest absolute Gasteiger partial charge is 0.295 e. The van der Waals surface area contributed by atoms with E-state index in [2.05, 4.69) is 0 Å². The molecule has 0 saturated heterocycles. The number of hydrogen-bond donors (Lipinski definition) is 0. The van der Waals surface area contributed by atoms with Gasteiger partial charge in [-0.3, -0.25) is 10.1 Å². The molecule has 70 valence electrons. The van der Waals surface area contributed by atoms with Crippen molar-refractivity contribution in [3.05, 3.63) is 34.1 Å². The molecule has 0 atom stereocenters. The van der Waals surface area contributed by atoms with Gasteiger partial charge in [0.2, 0.25) is 0 Å². The molecule has 0 amide bonds. The van der Waals surface area contributed by atoms with Crippen LogP contribution in [0.25, 0.3) is 0 Å². The molecule has 5 heteroatoms. The van der Waals surface area contributed by atoms with E-state index in [4.69, 9.17) is 0 Å². The highest BCUT2D eigenvalue weighted by molar-refractivity contribution is 5.62. The molecule has 0 aliphatic rings. The Morgan fingerprint density at radius 1 is 1.46 bits per heavy atom. The number of hydrogen-bond acceptors (Lipinski definition) is 3. The fourth-order valence-corrected chi connectivity index (χ4v) is 1.02. The third-order valence-electron chi connectivity index (χ3n) is 1.62. The second kappa shape index (κ2) is 3.38. The lowest BCUT2D eigenvalue weighted by Crippen LogP contribution is -2.11. The third kappa shape index (κ3) is 1.93. The summed E-state index contributed by atoms with van der Waals surface area (Å²) in [5, 5.41) is 10.5. The molecule has 0 bridgehead atoms. The Labute approximate surface area is 74.7 Å². The molecular weight excluding hydrogens is 175 g/mol. The molecule has 13 heavy (non-hydrogen) atoms. The van der Waals surface area contributed by atoms with Crippen LogP contribution in [0.3, 0.4) is 0 Å². The van der Waals surface area contributed by atoms with Crippen LogP contribution in [0.5, 0.6) is 0 Å². The van der Waals surface area contributed by atoms with Crippen molar-refractivity contribution >= 4 is 11.4 Å². The molecule has 0 aliphatic heterocycles. The second-order valence-corrected chi connectivity index (χ2v) is 2.78. The van der Waals surface area contributed by atoms with E-state index >= 15 is 0 Å². The van der Waals surface area contributed by atoms with Crippen LogP contribution in [0.4, 0.5) is 15.8 Å². The molecule has 0 fully saturated rings. The molecule has 1 aromatic rings. The Morgan fingerprint density at radius 3 is 2.54 bits per heavy atom. The molecule has 0 radical (unpaired) electrons. The number of nitro benzene ring substituents is 1. The van der Waals surface area contributed by atoms with Gasteiger partial charge in [-0.25, -0.2) is 4.39 Å². The number of nitro groups is 1. The van der Waals surface area contributed by atoms with Crippen LogP contribution in [0.1, 0.15) is 0 Å². The Bertz CT molecular complexity index is 339. The summed E-state index contributed by atoms with van der Waals surface area (Å²) in [6.07, 6.45) is 0. The van der Waals surface area contributed by atoms with E-state index in [1.54, 1.807) is 19.0 Å². The van der Waals surface area contributed by atoms with E-state index in [9.17, 15) is 14.5 Å². The monoisotopic (exact) mass is 184 g/mol. The summed E-state index contributed by atoms with van der Waals surface area (Å²) in [5.74, 6) is -0.600. The third-order valence-corrected chi connectivity index (χ3v) is 1.62. The SMILES string of the molecule is CN(C)c1ccc(F)cc1[N+](=O)[O-]. The minimum Gasteiger partial charge on any atom is -0.372 e. The Kier molecular flexibility index (Phi) is 2.46. The summed E-state index contributed by atoms with van der Waals surface area (Å²) in [5.41, 5.74) is 0.177. The van der Waals surface area contributed by atoms with E-state index in [1.165, 1.54) is 12.1 Å². The van der Waals surface area contributed by atoms with Gasteiger partial charge in [-0.1, -0.05) is 0 Å². The summed E-state index contributed by atoms with van der Waals surface area (Å²) in [4.78, 5) is 11.5. The maximum atomic E-state index is 12.6. The fourth-order valence-electron chi connectivity index (χ4n) is 1.02. The average Bonchev–Trinajstić information content (AvgIpc) is 2.03. The molecular formula is C8H9FN2O2. The highest BCUT2D eigenvalue weighted by Gasteiger charge is 2.15. The lowest BCUT2D eigenvalue weighted by Gasteiger charge is -2.11. The van der Waals surface area contributed by atoms with Crippen LogP contribution >= 0.6 is 0 Å². The van der Waals surface area contributed by atoms with Crippen LogP contribution in [-0.4, -0.2) is 19.0 Å². The maximum absolute atomic E-state index is 12.6. The molecule has 0 heterocycles. The number of anilines is 1. The molecule has 0 unspecified atom stereocenters. The summed E-state index contributed by atoms with van der Waals surface area (Å²) in [6.45, 7) is 0. The van der Waals surface area contributed by atoms with Crippen LogP contribution < -0.4 is 4.90 Å². The second-order valence-electron chi connectivity index (χ2n) is 2.78. The van der Waals surface area contributed by atoms with Gasteiger partial charge in [-0.2, -0.15) is 0 Å². The predicted octanol–water partition coefficient (Wildman–Crippen LogP) is 1.80. The lowest BCUT2D eigenvalue weighted by molar-refractivity contribution is -0.384. The fraction of sp³-hybridized carbons (Fsp3) is 0.250. The summed E-state index contributed by atoms with van der Waals surface area (Å²) in [6, 6.07) is 3.49. The van der Waals surface area contributed by atoms with Gasteiger partial charge in [0, 0.05) is 14.1 Å². The first-order valence-electron chi connectivity index (χ1n) is 3.63. The van der Waals surface area contributed by atoms with Crippen molar-refractivity contribution in [1.82, 2.24) is 0 Å². The first-order valence-corrected chi connectivity index (χ1v) is 3.63. The molecule has 1 rings (SSSR count). The number of nitrogens with zero attached hydrogens (tertiary/aromatic N) is 2. The van der Waals surface area contributed by atoms with Crippen molar-refractivity contribution in [2.45, 2.75) is 0 Å². The number of benzene rings is 1. The molecule has 0 saturated carbocycles. The topological polar surface area (TPSA) is 46.4 Å². The van der Waals surface area contributed by atoms with E-state index < -0.39 is 10.7 Å². The summed E-state index contributed by atoms with van der Waals surface area (Å²) in [7, 11) is 3.33. The van der Waals surface area contributed by atoms with Gasteiger partial charge in [0.15, 0.2) is 0 Å². The number of halogens is 1. The molecule has 4 nitrogen and oxygen atoms in total. The van der Waals surface area contributed by atoms with E-state index in [0.717, 1.165) is 6.07 Å². The first-order chi connectivity index (χ1) is 6.02. The van der Waals surface area contributed by atoms with Crippen LogP contribution in [0, 0.1) is 15.9 Å². The van der Waals surface area contributed by atoms with Gasteiger partial charge in [-0.15, -0.1) is 0 Å². The molecule has 0 N–H and O–H groups in total. The standard InChI is InChI=1S/C8H9FN2O2/c1-10(2)7-4-3-6(9)5-8(7)11(12)13/h3-5H,1-2H3. The van der Waals surface area contributed by atoms with E-state index in [1.807, 2.05) is 0 Å². The normalized spacial score (nSPS) is 9.77.